The van der Waals surface area contributed by atoms with Gasteiger partial charge in [-0.15, -0.1) is 0 Å². The molecule has 1 aliphatic rings. The highest BCUT2D eigenvalue weighted by atomic mass is 16.5. The second kappa shape index (κ2) is 7.36. The van der Waals surface area contributed by atoms with Crippen LogP contribution in [0.25, 0.3) is 0 Å². The second-order valence-electron chi connectivity index (χ2n) is 5.49. The molecule has 6 heteroatoms. The maximum absolute atomic E-state index is 11.6. The molecule has 21 heavy (non-hydrogen) atoms. The third-order valence-corrected chi connectivity index (χ3v) is 3.95. The lowest BCUT2D eigenvalue weighted by molar-refractivity contribution is 0.0586. The van der Waals surface area contributed by atoms with Gasteiger partial charge in [-0.1, -0.05) is 6.92 Å². The molecule has 0 unspecified atom stereocenters. The van der Waals surface area contributed by atoms with Crippen LogP contribution in [0.5, 0.6) is 0 Å². The van der Waals surface area contributed by atoms with Crippen LogP contribution in [0.4, 0.5) is 5.82 Å². The number of nitrogens with two attached hydrogens (primary N) is 1. The zero-order chi connectivity index (χ0) is 15.2. The average molecular weight is 292 g/mol. The van der Waals surface area contributed by atoms with Crippen molar-refractivity contribution < 1.29 is 9.53 Å². The Morgan fingerprint density at radius 1 is 1.43 bits per heavy atom. The van der Waals surface area contributed by atoms with Gasteiger partial charge < -0.3 is 15.4 Å². The van der Waals surface area contributed by atoms with Crippen molar-refractivity contribution in [1.29, 1.82) is 0 Å². The molecule has 0 spiro atoms. The Kier molecular flexibility index (Phi) is 5.50. The summed E-state index contributed by atoms with van der Waals surface area (Å²) in [5.41, 5.74) is 5.99. The summed E-state index contributed by atoms with van der Waals surface area (Å²) in [5, 5.41) is 0. The minimum absolute atomic E-state index is 0.114. The highest BCUT2D eigenvalue weighted by molar-refractivity contribution is 5.85. The monoisotopic (exact) mass is 292 g/mol. The summed E-state index contributed by atoms with van der Waals surface area (Å²) in [7, 11) is 1.34. The van der Waals surface area contributed by atoms with E-state index in [1.807, 2.05) is 6.07 Å². The maximum Gasteiger partial charge on any atom is 0.376 e. The van der Waals surface area contributed by atoms with E-state index in [0.29, 0.717) is 12.1 Å². The van der Waals surface area contributed by atoms with Crippen LogP contribution in [0.1, 0.15) is 49.6 Å². The number of nitrogens with zero attached hydrogens (tertiary/aromatic N) is 3. The maximum atomic E-state index is 11.6. The molecule has 1 aromatic heterocycles. The molecule has 0 aromatic carbocycles. The van der Waals surface area contributed by atoms with Crippen molar-refractivity contribution >= 4 is 11.8 Å². The van der Waals surface area contributed by atoms with E-state index in [2.05, 4.69) is 21.8 Å². The summed E-state index contributed by atoms with van der Waals surface area (Å²) in [6.07, 6.45) is 6.86. The molecule has 0 bridgehead atoms. The van der Waals surface area contributed by atoms with Crippen LogP contribution in [0.3, 0.4) is 0 Å². The molecule has 2 N–H and O–H groups in total. The summed E-state index contributed by atoms with van der Waals surface area (Å²) in [6, 6.07) is 2.61. The smallest absolute Gasteiger partial charge is 0.376 e. The van der Waals surface area contributed by atoms with Crippen molar-refractivity contribution in [1.82, 2.24) is 9.97 Å². The van der Waals surface area contributed by atoms with E-state index in [1.54, 1.807) is 6.20 Å². The Bertz CT molecular complexity index is 472. The molecular weight excluding hydrogens is 268 g/mol. The summed E-state index contributed by atoms with van der Waals surface area (Å²) < 4.78 is 4.69. The summed E-state index contributed by atoms with van der Waals surface area (Å²) in [4.78, 5) is 22.2. The molecular formula is C15H24N4O2. The predicted octanol–water partition coefficient (Wildman–Crippen LogP) is 1.75. The van der Waals surface area contributed by atoms with Gasteiger partial charge in [0.2, 0.25) is 5.82 Å². The Morgan fingerprint density at radius 3 is 2.76 bits per heavy atom. The molecule has 6 nitrogen and oxygen atoms in total. The number of hydrogen-bond donors (Lipinski definition) is 1. The zero-order valence-corrected chi connectivity index (χ0v) is 12.8. The van der Waals surface area contributed by atoms with Gasteiger partial charge in [0.25, 0.3) is 0 Å². The van der Waals surface area contributed by atoms with Gasteiger partial charge in [0, 0.05) is 24.8 Å². The van der Waals surface area contributed by atoms with Crippen molar-refractivity contribution in [3.05, 3.63) is 18.1 Å². The first-order valence-electron chi connectivity index (χ1n) is 7.59. The molecule has 116 valence electrons. The van der Waals surface area contributed by atoms with Gasteiger partial charge in [0.05, 0.1) is 7.11 Å². The first-order valence-corrected chi connectivity index (χ1v) is 7.59. The van der Waals surface area contributed by atoms with Crippen LogP contribution >= 0.6 is 0 Å². The van der Waals surface area contributed by atoms with E-state index in [0.717, 1.165) is 44.5 Å². The van der Waals surface area contributed by atoms with E-state index in [1.165, 1.54) is 7.11 Å². The van der Waals surface area contributed by atoms with Crippen molar-refractivity contribution in [3.8, 4) is 0 Å². The van der Waals surface area contributed by atoms with Gasteiger partial charge in [0.1, 0.15) is 5.82 Å². The highest BCUT2D eigenvalue weighted by Crippen LogP contribution is 2.26. The van der Waals surface area contributed by atoms with Crippen LogP contribution in [0, 0.1) is 0 Å². The van der Waals surface area contributed by atoms with Crippen LogP contribution in [-0.2, 0) is 4.74 Å². The van der Waals surface area contributed by atoms with Gasteiger partial charge in [-0.2, -0.15) is 0 Å². The lowest BCUT2D eigenvalue weighted by Gasteiger charge is -2.36. The number of carbonyl (C=O) groups is 1. The fourth-order valence-corrected chi connectivity index (χ4v) is 2.84. The van der Waals surface area contributed by atoms with Gasteiger partial charge in [-0.05, 0) is 38.2 Å². The third kappa shape index (κ3) is 3.91. The topological polar surface area (TPSA) is 81.3 Å². The molecule has 1 aliphatic carbocycles. The number of hydrogen-bond acceptors (Lipinski definition) is 6. The largest absolute Gasteiger partial charge is 0.463 e. The quantitative estimate of drug-likeness (QED) is 0.833. The minimum Gasteiger partial charge on any atom is -0.463 e. The average Bonchev–Trinajstić information content (AvgIpc) is 2.53. The lowest BCUT2D eigenvalue weighted by Crippen LogP contribution is -2.42. The van der Waals surface area contributed by atoms with Gasteiger partial charge in [-0.25, -0.2) is 14.8 Å². The summed E-state index contributed by atoms with van der Waals surface area (Å²) in [5.74, 6) is 0.412. The molecule has 0 atom stereocenters. The van der Waals surface area contributed by atoms with E-state index >= 15 is 0 Å². The second-order valence-corrected chi connectivity index (χ2v) is 5.49. The number of esters is 1. The molecule has 1 heterocycles. The SMILES string of the molecule is CCCN(c1ccnc(C(=O)OC)n1)C1CCC(N)CC1. The standard InChI is InChI=1S/C15H24N4O2/c1-3-10-19(12-6-4-11(16)5-7-12)13-8-9-17-14(18-13)15(20)21-2/h8-9,11-12H,3-7,10,16H2,1-2H3. The predicted molar refractivity (Wildman–Crippen MR) is 81.2 cm³/mol. The van der Waals surface area contributed by atoms with Crippen molar-refractivity contribution in [2.45, 2.75) is 51.1 Å². The van der Waals surface area contributed by atoms with Gasteiger partial charge in [0.15, 0.2) is 0 Å². The normalized spacial score (nSPS) is 21.9. The third-order valence-electron chi connectivity index (χ3n) is 3.95. The van der Waals surface area contributed by atoms with Gasteiger partial charge in [-0.3, -0.25) is 0 Å². The molecule has 0 aliphatic heterocycles. The Hall–Kier alpha value is -1.69. The molecule has 1 fully saturated rings. The molecule has 0 amide bonds. The number of anilines is 1. The van der Waals surface area contributed by atoms with Crippen molar-refractivity contribution in [2.75, 3.05) is 18.6 Å². The van der Waals surface area contributed by atoms with Gasteiger partial charge >= 0.3 is 5.97 Å². The first-order chi connectivity index (χ1) is 10.2. The number of methoxy groups -OCH3 is 1. The minimum atomic E-state index is -0.501. The Labute approximate surface area is 125 Å². The number of rotatable bonds is 5. The zero-order valence-electron chi connectivity index (χ0n) is 12.8. The van der Waals surface area contributed by atoms with E-state index in [4.69, 9.17) is 10.5 Å². The first kappa shape index (κ1) is 15.7. The van der Waals surface area contributed by atoms with Crippen LogP contribution in [0.2, 0.25) is 0 Å². The van der Waals surface area contributed by atoms with Crippen LogP contribution in [-0.4, -0.2) is 41.7 Å². The summed E-state index contributed by atoms with van der Waals surface area (Å²) in [6.45, 7) is 3.06. The molecule has 1 aromatic rings. The number of carbonyl (C=O) groups excluding carboxylic acids is 1. The van der Waals surface area contributed by atoms with Crippen LogP contribution in [0.15, 0.2) is 12.3 Å². The Morgan fingerprint density at radius 2 is 2.14 bits per heavy atom. The number of ether oxygens (including phenoxy) is 1. The fraction of sp³-hybridized carbons (Fsp3) is 0.667. The van der Waals surface area contributed by atoms with E-state index in [-0.39, 0.29) is 5.82 Å². The fourth-order valence-electron chi connectivity index (χ4n) is 2.84. The highest BCUT2D eigenvalue weighted by Gasteiger charge is 2.25. The van der Waals surface area contributed by atoms with E-state index < -0.39 is 5.97 Å². The lowest BCUT2D eigenvalue weighted by atomic mass is 9.90. The molecule has 0 radical (unpaired) electrons. The number of aromatic nitrogens is 2. The van der Waals surface area contributed by atoms with Crippen molar-refractivity contribution in [3.63, 3.8) is 0 Å². The van der Waals surface area contributed by atoms with Crippen LogP contribution < -0.4 is 10.6 Å². The summed E-state index contributed by atoms with van der Waals surface area (Å²) >= 11 is 0. The molecule has 2 rings (SSSR count). The van der Waals surface area contributed by atoms with Crippen molar-refractivity contribution in [2.24, 2.45) is 5.73 Å². The molecule has 0 saturated heterocycles. The Balaban J connectivity index is 2.19. The van der Waals surface area contributed by atoms with E-state index in [9.17, 15) is 4.79 Å². The molecule has 1 saturated carbocycles.